The number of nitrogens with zero attached hydrogens (tertiary/aromatic N) is 1. The number of aromatic hydroxyl groups is 1. The summed E-state index contributed by atoms with van der Waals surface area (Å²) in [7, 11) is -3.65. The Morgan fingerprint density at radius 2 is 1.74 bits per heavy atom. The number of carbonyl (C=O) groups is 1. The normalized spacial score (nSPS) is 15.5. The standard InChI is InChI=1S/C20H24N2O4S/c1-14-6-7-15(2)17(12-14)20(24)21-18-13-16(8-9-19(18)23)27(25,26)22-10-4-3-5-11-22/h6-9,12-13,23H,3-5,10-11H2,1-2H3,(H,21,24). The molecule has 1 fully saturated rings. The summed E-state index contributed by atoms with van der Waals surface area (Å²) in [6.45, 7) is 4.70. The second-order valence-electron chi connectivity index (χ2n) is 6.92. The van der Waals surface area contributed by atoms with Crippen LogP contribution in [0.2, 0.25) is 0 Å². The Bertz CT molecular complexity index is 964. The van der Waals surface area contributed by atoms with Crippen LogP contribution in [0.1, 0.15) is 40.7 Å². The minimum Gasteiger partial charge on any atom is -0.506 e. The average molecular weight is 388 g/mol. The summed E-state index contributed by atoms with van der Waals surface area (Å²) in [5.41, 5.74) is 2.31. The minimum absolute atomic E-state index is 0.0680. The summed E-state index contributed by atoms with van der Waals surface area (Å²) in [4.78, 5) is 12.7. The van der Waals surface area contributed by atoms with Crippen LogP contribution < -0.4 is 5.32 Å². The van der Waals surface area contributed by atoms with E-state index in [-0.39, 0.29) is 22.2 Å². The molecule has 3 rings (SSSR count). The van der Waals surface area contributed by atoms with Crippen molar-refractivity contribution in [1.29, 1.82) is 0 Å². The molecule has 1 amide bonds. The second kappa shape index (κ2) is 7.70. The van der Waals surface area contributed by atoms with Gasteiger partial charge >= 0.3 is 0 Å². The number of nitrogens with one attached hydrogen (secondary N) is 1. The number of sulfonamides is 1. The summed E-state index contributed by atoms with van der Waals surface area (Å²) in [6, 6.07) is 9.51. The van der Waals surface area contributed by atoms with E-state index in [2.05, 4.69) is 5.32 Å². The number of benzene rings is 2. The van der Waals surface area contributed by atoms with E-state index in [0.29, 0.717) is 18.7 Å². The van der Waals surface area contributed by atoms with Crippen molar-refractivity contribution in [2.24, 2.45) is 0 Å². The molecule has 0 saturated carbocycles. The molecule has 1 heterocycles. The van der Waals surface area contributed by atoms with Gasteiger partial charge in [-0.05, 0) is 56.5 Å². The van der Waals surface area contributed by atoms with Gasteiger partial charge in [-0.3, -0.25) is 4.79 Å². The molecular formula is C20H24N2O4S. The van der Waals surface area contributed by atoms with Crippen molar-refractivity contribution >= 4 is 21.6 Å². The zero-order valence-electron chi connectivity index (χ0n) is 15.5. The van der Waals surface area contributed by atoms with E-state index in [0.717, 1.165) is 30.4 Å². The molecule has 2 aromatic carbocycles. The highest BCUT2D eigenvalue weighted by Gasteiger charge is 2.27. The van der Waals surface area contributed by atoms with E-state index in [1.54, 1.807) is 6.07 Å². The van der Waals surface area contributed by atoms with Crippen molar-refractivity contribution in [1.82, 2.24) is 4.31 Å². The van der Waals surface area contributed by atoms with Crippen LogP contribution in [0.5, 0.6) is 5.75 Å². The highest BCUT2D eigenvalue weighted by molar-refractivity contribution is 7.89. The first-order chi connectivity index (χ1) is 12.8. The lowest BCUT2D eigenvalue weighted by Crippen LogP contribution is -2.35. The lowest BCUT2D eigenvalue weighted by atomic mass is 10.0. The van der Waals surface area contributed by atoms with Gasteiger partial charge in [0.25, 0.3) is 5.91 Å². The Balaban J connectivity index is 1.89. The smallest absolute Gasteiger partial charge is 0.256 e. The molecule has 2 aromatic rings. The van der Waals surface area contributed by atoms with Crippen LogP contribution in [0, 0.1) is 13.8 Å². The number of piperidine rings is 1. The number of aryl methyl sites for hydroxylation is 2. The van der Waals surface area contributed by atoms with Crippen molar-refractivity contribution in [2.45, 2.75) is 38.0 Å². The van der Waals surface area contributed by atoms with E-state index in [4.69, 9.17) is 0 Å². The first-order valence-electron chi connectivity index (χ1n) is 9.01. The quantitative estimate of drug-likeness (QED) is 0.786. The Hall–Kier alpha value is -2.38. The van der Waals surface area contributed by atoms with Gasteiger partial charge in [0, 0.05) is 18.7 Å². The number of hydrogen-bond donors (Lipinski definition) is 2. The Kier molecular flexibility index (Phi) is 5.53. The van der Waals surface area contributed by atoms with Gasteiger partial charge in [0.15, 0.2) is 0 Å². The summed E-state index contributed by atoms with van der Waals surface area (Å²) in [5, 5.41) is 12.7. The molecule has 0 unspecified atom stereocenters. The van der Waals surface area contributed by atoms with Crippen molar-refractivity contribution in [3.05, 3.63) is 53.1 Å². The Morgan fingerprint density at radius 3 is 2.44 bits per heavy atom. The molecule has 144 valence electrons. The third kappa shape index (κ3) is 4.14. The molecule has 27 heavy (non-hydrogen) atoms. The fourth-order valence-corrected chi connectivity index (χ4v) is 4.74. The fourth-order valence-electron chi connectivity index (χ4n) is 3.20. The third-order valence-electron chi connectivity index (χ3n) is 4.81. The molecule has 0 aliphatic carbocycles. The molecule has 0 radical (unpaired) electrons. The maximum absolute atomic E-state index is 12.8. The van der Waals surface area contributed by atoms with E-state index >= 15 is 0 Å². The van der Waals surface area contributed by atoms with E-state index < -0.39 is 10.0 Å². The first kappa shape index (κ1) is 19.4. The molecule has 1 saturated heterocycles. The molecule has 0 bridgehead atoms. The zero-order chi connectivity index (χ0) is 19.6. The molecule has 0 aromatic heterocycles. The van der Waals surface area contributed by atoms with Gasteiger partial charge in [0.2, 0.25) is 10.0 Å². The predicted molar refractivity (Wildman–Crippen MR) is 105 cm³/mol. The van der Waals surface area contributed by atoms with Gasteiger partial charge in [0.05, 0.1) is 10.6 Å². The highest BCUT2D eigenvalue weighted by atomic mass is 32.2. The number of hydrogen-bond acceptors (Lipinski definition) is 4. The van der Waals surface area contributed by atoms with Crippen LogP contribution >= 0.6 is 0 Å². The summed E-state index contributed by atoms with van der Waals surface area (Å²) >= 11 is 0. The van der Waals surface area contributed by atoms with Crippen molar-refractivity contribution in [3.8, 4) is 5.75 Å². The number of carbonyl (C=O) groups excluding carboxylic acids is 1. The van der Waals surface area contributed by atoms with Gasteiger partial charge in [-0.2, -0.15) is 4.31 Å². The van der Waals surface area contributed by atoms with Gasteiger partial charge in [-0.1, -0.05) is 24.1 Å². The molecular weight excluding hydrogens is 364 g/mol. The summed E-state index contributed by atoms with van der Waals surface area (Å²) < 4.78 is 27.1. The topological polar surface area (TPSA) is 86.7 Å². The number of phenolic OH excluding ortho intramolecular Hbond substituents is 1. The van der Waals surface area contributed by atoms with Gasteiger partial charge < -0.3 is 10.4 Å². The van der Waals surface area contributed by atoms with Crippen LogP contribution in [-0.2, 0) is 10.0 Å². The van der Waals surface area contributed by atoms with Gasteiger partial charge in [-0.25, -0.2) is 8.42 Å². The Labute approximate surface area is 159 Å². The molecule has 0 spiro atoms. The van der Waals surface area contributed by atoms with E-state index in [1.165, 1.54) is 22.5 Å². The number of amides is 1. The number of anilines is 1. The molecule has 1 aliphatic rings. The van der Waals surface area contributed by atoms with Crippen molar-refractivity contribution < 1.29 is 18.3 Å². The largest absolute Gasteiger partial charge is 0.506 e. The molecule has 0 atom stereocenters. The van der Waals surface area contributed by atoms with Gasteiger partial charge in [0.1, 0.15) is 5.75 Å². The van der Waals surface area contributed by atoms with E-state index in [9.17, 15) is 18.3 Å². The molecule has 2 N–H and O–H groups in total. The number of rotatable bonds is 4. The molecule has 7 heteroatoms. The third-order valence-corrected chi connectivity index (χ3v) is 6.70. The summed E-state index contributed by atoms with van der Waals surface area (Å²) in [5.74, 6) is -0.565. The lowest BCUT2D eigenvalue weighted by Gasteiger charge is -2.26. The monoisotopic (exact) mass is 388 g/mol. The minimum atomic E-state index is -3.65. The van der Waals surface area contributed by atoms with E-state index in [1.807, 2.05) is 26.0 Å². The van der Waals surface area contributed by atoms with Crippen molar-refractivity contribution in [3.63, 3.8) is 0 Å². The molecule has 1 aliphatic heterocycles. The van der Waals surface area contributed by atoms with Crippen LogP contribution in [0.25, 0.3) is 0 Å². The van der Waals surface area contributed by atoms with Crippen LogP contribution in [0.15, 0.2) is 41.3 Å². The van der Waals surface area contributed by atoms with Crippen LogP contribution in [-0.4, -0.2) is 36.8 Å². The predicted octanol–water partition coefficient (Wildman–Crippen LogP) is 3.44. The SMILES string of the molecule is Cc1ccc(C)c(C(=O)Nc2cc(S(=O)(=O)N3CCCCC3)ccc2O)c1. The lowest BCUT2D eigenvalue weighted by molar-refractivity contribution is 0.102. The van der Waals surface area contributed by atoms with Gasteiger partial charge in [-0.15, -0.1) is 0 Å². The fraction of sp³-hybridized carbons (Fsp3) is 0.350. The first-order valence-corrected chi connectivity index (χ1v) is 10.4. The summed E-state index contributed by atoms with van der Waals surface area (Å²) in [6.07, 6.45) is 2.71. The average Bonchev–Trinajstić information content (AvgIpc) is 2.66. The maximum Gasteiger partial charge on any atom is 0.256 e. The molecule has 6 nitrogen and oxygen atoms in total. The highest BCUT2D eigenvalue weighted by Crippen LogP contribution is 2.29. The zero-order valence-corrected chi connectivity index (χ0v) is 16.3. The Morgan fingerprint density at radius 1 is 1.04 bits per heavy atom. The number of phenols is 1. The van der Waals surface area contributed by atoms with Crippen LogP contribution in [0.4, 0.5) is 5.69 Å². The van der Waals surface area contributed by atoms with Crippen molar-refractivity contribution in [2.75, 3.05) is 18.4 Å². The maximum atomic E-state index is 12.8. The van der Waals surface area contributed by atoms with Crippen LogP contribution in [0.3, 0.4) is 0 Å². The second-order valence-corrected chi connectivity index (χ2v) is 8.85.